The summed E-state index contributed by atoms with van der Waals surface area (Å²) in [6.45, 7) is 0.203. The molecule has 0 aromatic carbocycles. The molecule has 0 bridgehead atoms. The number of thiazole rings is 1. The van der Waals surface area contributed by atoms with Gasteiger partial charge in [-0.2, -0.15) is 8.78 Å². The van der Waals surface area contributed by atoms with E-state index in [9.17, 15) is 8.78 Å². The second-order valence-corrected chi connectivity index (χ2v) is 5.55. The van der Waals surface area contributed by atoms with Crippen molar-refractivity contribution in [3.05, 3.63) is 34.3 Å². The van der Waals surface area contributed by atoms with Gasteiger partial charge in [0.2, 0.25) is 0 Å². The SMILES string of the molecule is CN=C(NCCc1csc(C)n1)NCc1nccn1C(F)F.I. The third-order valence-electron chi connectivity index (χ3n) is 2.94. The summed E-state index contributed by atoms with van der Waals surface area (Å²) in [4.78, 5) is 12.3. The van der Waals surface area contributed by atoms with Crippen LogP contribution in [0.3, 0.4) is 0 Å². The lowest BCUT2D eigenvalue weighted by atomic mass is 10.3. The number of imidazole rings is 1. The Morgan fingerprint density at radius 2 is 2.22 bits per heavy atom. The molecule has 0 fully saturated rings. The fraction of sp³-hybridized carbons (Fsp3) is 0.462. The van der Waals surface area contributed by atoms with Crippen molar-refractivity contribution < 1.29 is 8.78 Å². The van der Waals surface area contributed by atoms with Gasteiger partial charge in [-0.05, 0) is 6.92 Å². The standard InChI is InChI=1S/C13H18F2N6S.HI/c1-9-20-10(8-22-9)3-4-18-13(16-2)19-7-11-17-5-6-21(11)12(14)15;/h5-6,8,12H,3-4,7H2,1-2H3,(H2,16,18,19);1H. The highest BCUT2D eigenvalue weighted by Gasteiger charge is 2.11. The first-order valence-corrected chi connectivity index (χ1v) is 7.63. The Bertz CT molecular complexity index is 628. The Hall–Kier alpha value is -1.30. The van der Waals surface area contributed by atoms with Crippen molar-refractivity contribution in [3.63, 3.8) is 0 Å². The first-order valence-electron chi connectivity index (χ1n) is 6.75. The van der Waals surface area contributed by atoms with E-state index < -0.39 is 6.55 Å². The van der Waals surface area contributed by atoms with E-state index in [1.807, 2.05) is 12.3 Å². The fourth-order valence-corrected chi connectivity index (χ4v) is 2.52. The van der Waals surface area contributed by atoms with Crippen LogP contribution in [0.4, 0.5) is 8.78 Å². The van der Waals surface area contributed by atoms with Crippen LogP contribution in [0.25, 0.3) is 0 Å². The quantitative estimate of drug-likeness (QED) is 0.399. The van der Waals surface area contributed by atoms with Crippen LogP contribution < -0.4 is 10.6 Å². The number of alkyl halides is 2. The lowest BCUT2D eigenvalue weighted by molar-refractivity contribution is 0.0668. The molecule has 0 spiro atoms. The maximum absolute atomic E-state index is 12.7. The number of aliphatic imine (C=N–C) groups is 1. The molecule has 23 heavy (non-hydrogen) atoms. The molecular weight excluding hydrogens is 437 g/mol. The van der Waals surface area contributed by atoms with E-state index in [1.54, 1.807) is 18.4 Å². The zero-order chi connectivity index (χ0) is 15.9. The van der Waals surface area contributed by atoms with Gasteiger partial charge < -0.3 is 10.6 Å². The Balaban J connectivity index is 0.00000264. The second-order valence-electron chi connectivity index (χ2n) is 4.49. The second kappa shape index (κ2) is 9.75. The molecule has 6 nitrogen and oxygen atoms in total. The number of hydrogen-bond donors (Lipinski definition) is 2. The number of aryl methyl sites for hydroxylation is 1. The van der Waals surface area contributed by atoms with Gasteiger partial charge in [0.05, 0.1) is 17.2 Å². The maximum atomic E-state index is 12.7. The summed E-state index contributed by atoms with van der Waals surface area (Å²) in [5, 5.41) is 9.14. The van der Waals surface area contributed by atoms with Crippen LogP contribution in [-0.2, 0) is 13.0 Å². The number of hydrogen-bond acceptors (Lipinski definition) is 4. The average Bonchev–Trinajstić information content (AvgIpc) is 3.11. The van der Waals surface area contributed by atoms with Crippen LogP contribution >= 0.6 is 35.3 Å². The van der Waals surface area contributed by atoms with Crippen molar-refractivity contribution in [2.45, 2.75) is 26.4 Å². The molecule has 0 atom stereocenters. The summed E-state index contributed by atoms with van der Waals surface area (Å²) < 4.78 is 26.2. The molecule has 2 heterocycles. The van der Waals surface area contributed by atoms with Crippen molar-refractivity contribution >= 4 is 41.3 Å². The Morgan fingerprint density at radius 3 is 2.83 bits per heavy atom. The molecule has 128 valence electrons. The van der Waals surface area contributed by atoms with Crippen LogP contribution in [0, 0.1) is 6.92 Å². The molecule has 2 aromatic rings. The fourth-order valence-electron chi connectivity index (χ4n) is 1.87. The normalized spacial score (nSPS) is 11.4. The van der Waals surface area contributed by atoms with Gasteiger partial charge in [0, 0.05) is 37.8 Å². The third-order valence-corrected chi connectivity index (χ3v) is 3.76. The third kappa shape index (κ3) is 6.01. The average molecular weight is 456 g/mol. The first kappa shape index (κ1) is 19.7. The van der Waals surface area contributed by atoms with Gasteiger partial charge in [-0.1, -0.05) is 0 Å². The smallest absolute Gasteiger partial charge is 0.319 e. The van der Waals surface area contributed by atoms with Crippen LogP contribution in [0.5, 0.6) is 0 Å². The molecule has 0 saturated carbocycles. The lowest BCUT2D eigenvalue weighted by Crippen LogP contribution is -2.38. The largest absolute Gasteiger partial charge is 0.356 e. The molecule has 0 aliphatic carbocycles. The molecule has 0 radical (unpaired) electrons. The van der Waals surface area contributed by atoms with Crippen LogP contribution in [-0.4, -0.2) is 34.1 Å². The minimum absolute atomic E-state index is 0. The summed E-state index contributed by atoms with van der Waals surface area (Å²) >= 11 is 1.61. The van der Waals surface area contributed by atoms with Crippen molar-refractivity contribution in [2.24, 2.45) is 4.99 Å². The number of rotatable bonds is 6. The lowest BCUT2D eigenvalue weighted by Gasteiger charge is -2.12. The predicted octanol–water partition coefficient (Wildman–Crippen LogP) is 2.57. The summed E-state index contributed by atoms with van der Waals surface area (Å²) in [7, 11) is 1.63. The number of nitrogens with one attached hydrogen (secondary N) is 2. The van der Waals surface area contributed by atoms with Crippen LogP contribution in [0.15, 0.2) is 22.8 Å². The Kier molecular flexibility index (Phi) is 8.37. The van der Waals surface area contributed by atoms with Gasteiger partial charge in [-0.3, -0.25) is 9.56 Å². The van der Waals surface area contributed by atoms with Gasteiger partial charge in [-0.15, -0.1) is 35.3 Å². The summed E-state index contributed by atoms with van der Waals surface area (Å²) in [6, 6.07) is 0. The van der Waals surface area contributed by atoms with Gasteiger partial charge >= 0.3 is 6.55 Å². The molecule has 10 heteroatoms. The van der Waals surface area contributed by atoms with E-state index in [2.05, 4.69) is 25.6 Å². The van der Waals surface area contributed by atoms with E-state index in [0.717, 1.165) is 21.7 Å². The number of aromatic nitrogens is 3. The van der Waals surface area contributed by atoms with Gasteiger partial charge in [0.1, 0.15) is 5.82 Å². The predicted molar refractivity (Wildman–Crippen MR) is 97.7 cm³/mol. The Labute approximate surface area is 154 Å². The molecule has 0 aliphatic heterocycles. The minimum Gasteiger partial charge on any atom is -0.356 e. The first-order chi connectivity index (χ1) is 10.6. The highest BCUT2D eigenvalue weighted by Crippen LogP contribution is 2.11. The van der Waals surface area contributed by atoms with E-state index in [0.29, 0.717) is 12.5 Å². The van der Waals surface area contributed by atoms with Crippen molar-refractivity contribution in [1.82, 2.24) is 25.2 Å². The number of halogens is 3. The molecule has 0 saturated heterocycles. The molecule has 0 aliphatic rings. The summed E-state index contributed by atoms with van der Waals surface area (Å²) in [6.07, 6.45) is 3.38. The molecule has 2 aromatic heterocycles. The summed E-state index contributed by atoms with van der Waals surface area (Å²) in [5.74, 6) is 0.795. The summed E-state index contributed by atoms with van der Waals surface area (Å²) in [5.41, 5.74) is 1.03. The molecule has 2 rings (SSSR count). The highest BCUT2D eigenvalue weighted by atomic mass is 127. The monoisotopic (exact) mass is 456 g/mol. The zero-order valence-electron chi connectivity index (χ0n) is 12.8. The van der Waals surface area contributed by atoms with E-state index in [4.69, 9.17) is 0 Å². The highest BCUT2D eigenvalue weighted by molar-refractivity contribution is 14.0. The van der Waals surface area contributed by atoms with E-state index in [-0.39, 0.29) is 36.3 Å². The van der Waals surface area contributed by atoms with E-state index >= 15 is 0 Å². The van der Waals surface area contributed by atoms with E-state index in [1.165, 1.54) is 12.4 Å². The van der Waals surface area contributed by atoms with Crippen molar-refractivity contribution in [2.75, 3.05) is 13.6 Å². The van der Waals surface area contributed by atoms with Gasteiger partial charge in [0.25, 0.3) is 0 Å². The minimum atomic E-state index is -2.60. The van der Waals surface area contributed by atoms with Gasteiger partial charge in [0.15, 0.2) is 5.96 Å². The number of guanidine groups is 1. The number of nitrogens with zero attached hydrogens (tertiary/aromatic N) is 4. The van der Waals surface area contributed by atoms with Crippen molar-refractivity contribution in [1.29, 1.82) is 0 Å². The topological polar surface area (TPSA) is 67.1 Å². The Morgan fingerprint density at radius 1 is 1.43 bits per heavy atom. The molecule has 0 unspecified atom stereocenters. The zero-order valence-corrected chi connectivity index (χ0v) is 15.9. The molecular formula is C13H19F2IN6S. The maximum Gasteiger partial charge on any atom is 0.319 e. The molecule has 2 N–H and O–H groups in total. The van der Waals surface area contributed by atoms with Crippen LogP contribution in [0.2, 0.25) is 0 Å². The van der Waals surface area contributed by atoms with Crippen LogP contribution in [0.1, 0.15) is 23.1 Å². The van der Waals surface area contributed by atoms with Gasteiger partial charge in [-0.25, -0.2) is 9.97 Å². The van der Waals surface area contributed by atoms with Crippen molar-refractivity contribution in [3.8, 4) is 0 Å². The molecule has 0 amide bonds.